The molecular formula is C19H22F3N5OS. The minimum atomic E-state index is -4.24. The molecule has 0 aliphatic heterocycles. The number of H-pyrrole nitrogens is 2. The maximum Gasteiger partial charge on any atom is 0.389 e. The Morgan fingerprint density at radius 3 is 2.66 bits per heavy atom. The largest absolute Gasteiger partial charge is 0.389 e. The summed E-state index contributed by atoms with van der Waals surface area (Å²) in [6.45, 7) is 4.42. The van der Waals surface area contributed by atoms with Crippen molar-refractivity contribution in [2.75, 3.05) is 6.54 Å². The van der Waals surface area contributed by atoms with E-state index in [1.165, 1.54) is 6.33 Å². The molecule has 2 heterocycles. The number of hydrogen-bond donors (Lipinski definition) is 3. The topological polar surface area (TPSA) is 78.5 Å². The number of nitrogens with zero attached hydrogens (tertiary/aromatic N) is 2. The summed E-state index contributed by atoms with van der Waals surface area (Å²) in [4.78, 5) is 21.6. The summed E-state index contributed by atoms with van der Waals surface area (Å²) < 4.78 is 40.6. The number of rotatable bonds is 7. The van der Waals surface area contributed by atoms with Crippen LogP contribution in [0.1, 0.15) is 37.8 Å². The van der Waals surface area contributed by atoms with Gasteiger partial charge in [-0.2, -0.15) is 13.2 Å². The maximum absolute atomic E-state index is 12.9. The van der Waals surface area contributed by atoms with Crippen LogP contribution in [-0.4, -0.2) is 32.2 Å². The third kappa shape index (κ3) is 4.59. The Balaban J connectivity index is 2.06. The monoisotopic (exact) mass is 425 g/mol. The van der Waals surface area contributed by atoms with Crippen LogP contribution in [0.25, 0.3) is 11.2 Å². The Bertz CT molecular complexity index is 1120. The average Bonchev–Trinajstić information content (AvgIpc) is 3.14. The standard InChI is InChI=1S/C19H22F3N5OS/c1-3-25-18(2,8-9-19(20,21)22)13-7-5-4-6-12(13)10-27-15-14(23-11-24-15)16(28)26-17(27)29/h4-7,11,25H,3,8-10H2,1-2H3,(H,23,24)(H,26,28,29)/t18-/m0/s1. The number of imidazole rings is 1. The summed E-state index contributed by atoms with van der Waals surface area (Å²) in [5.74, 6) is 0. The zero-order chi connectivity index (χ0) is 21.2. The Labute approximate surface area is 170 Å². The fourth-order valence-electron chi connectivity index (χ4n) is 3.60. The normalized spacial score (nSPS) is 14.2. The van der Waals surface area contributed by atoms with Crippen LogP contribution in [0.2, 0.25) is 0 Å². The van der Waals surface area contributed by atoms with Crippen LogP contribution in [0.5, 0.6) is 0 Å². The van der Waals surface area contributed by atoms with Gasteiger partial charge in [0.25, 0.3) is 5.56 Å². The fraction of sp³-hybridized carbons (Fsp3) is 0.421. The number of nitrogens with one attached hydrogen (secondary N) is 3. The summed E-state index contributed by atoms with van der Waals surface area (Å²) in [5.41, 5.74) is 0.996. The molecule has 3 N–H and O–H groups in total. The zero-order valence-corrected chi connectivity index (χ0v) is 16.9. The molecule has 0 radical (unpaired) electrons. The van der Waals surface area contributed by atoms with E-state index in [4.69, 9.17) is 12.2 Å². The second-order valence-electron chi connectivity index (χ2n) is 7.08. The van der Waals surface area contributed by atoms with Gasteiger partial charge in [0.1, 0.15) is 5.52 Å². The fourth-order valence-corrected chi connectivity index (χ4v) is 3.84. The highest BCUT2D eigenvalue weighted by Gasteiger charge is 2.35. The number of halogens is 3. The molecule has 0 bridgehead atoms. The first kappa shape index (κ1) is 21.3. The molecule has 1 aromatic carbocycles. The Morgan fingerprint density at radius 2 is 1.97 bits per heavy atom. The molecule has 2 aromatic heterocycles. The first-order chi connectivity index (χ1) is 13.6. The molecular weight excluding hydrogens is 403 g/mol. The van der Waals surface area contributed by atoms with Crippen molar-refractivity contribution in [1.82, 2.24) is 24.8 Å². The molecule has 0 unspecified atom stereocenters. The first-order valence-electron chi connectivity index (χ1n) is 9.21. The first-order valence-corrected chi connectivity index (χ1v) is 9.62. The Morgan fingerprint density at radius 1 is 1.24 bits per heavy atom. The molecule has 29 heavy (non-hydrogen) atoms. The van der Waals surface area contributed by atoms with E-state index in [0.717, 1.165) is 11.1 Å². The van der Waals surface area contributed by atoms with Gasteiger partial charge in [0.2, 0.25) is 0 Å². The van der Waals surface area contributed by atoms with Gasteiger partial charge in [0.15, 0.2) is 10.4 Å². The number of alkyl halides is 3. The molecule has 0 fully saturated rings. The highest BCUT2D eigenvalue weighted by Crippen LogP contribution is 2.34. The van der Waals surface area contributed by atoms with Gasteiger partial charge in [0, 0.05) is 12.0 Å². The van der Waals surface area contributed by atoms with Crippen LogP contribution >= 0.6 is 12.2 Å². The summed E-state index contributed by atoms with van der Waals surface area (Å²) >= 11 is 5.31. The molecule has 6 nitrogen and oxygen atoms in total. The number of hydrogen-bond acceptors (Lipinski definition) is 4. The van der Waals surface area contributed by atoms with Gasteiger partial charge in [-0.25, -0.2) is 4.98 Å². The van der Waals surface area contributed by atoms with Gasteiger partial charge in [0.05, 0.1) is 12.9 Å². The highest BCUT2D eigenvalue weighted by atomic mass is 32.1. The van der Waals surface area contributed by atoms with Crippen LogP contribution in [0.15, 0.2) is 35.4 Å². The Hall–Kier alpha value is -2.46. The van der Waals surface area contributed by atoms with Crippen LogP contribution in [0.3, 0.4) is 0 Å². The van der Waals surface area contributed by atoms with E-state index in [2.05, 4.69) is 20.3 Å². The van der Waals surface area contributed by atoms with Crippen molar-refractivity contribution in [3.63, 3.8) is 0 Å². The van der Waals surface area contributed by atoms with Crippen molar-refractivity contribution < 1.29 is 13.2 Å². The molecule has 0 amide bonds. The number of aromatic nitrogens is 4. The summed E-state index contributed by atoms with van der Waals surface area (Å²) in [7, 11) is 0. The lowest BCUT2D eigenvalue weighted by Gasteiger charge is -2.34. The quantitative estimate of drug-likeness (QED) is 0.500. The highest BCUT2D eigenvalue weighted by molar-refractivity contribution is 7.71. The zero-order valence-electron chi connectivity index (χ0n) is 16.1. The summed E-state index contributed by atoms with van der Waals surface area (Å²) in [6.07, 6.45) is -3.83. The number of fused-ring (bicyclic) bond motifs is 1. The van der Waals surface area contributed by atoms with Crippen molar-refractivity contribution in [3.8, 4) is 0 Å². The van der Waals surface area contributed by atoms with E-state index in [1.54, 1.807) is 17.6 Å². The van der Waals surface area contributed by atoms with E-state index in [9.17, 15) is 18.0 Å². The molecule has 10 heteroatoms. The molecule has 3 aromatic rings. The minimum Gasteiger partial charge on any atom is -0.339 e. The van der Waals surface area contributed by atoms with Crippen LogP contribution < -0.4 is 10.9 Å². The lowest BCUT2D eigenvalue weighted by atomic mass is 9.84. The van der Waals surface area contributed by atoms with Gasteiger partial charge in [-0.3, -0.25) is 14.3 Å². The van der Waals surface area contributed by atoms with Gasteiger partial charge in [-0.15, -0.1) is 0 Å². The van der Waals surface area contributed by atoms with Gasteiger partial charge in [-0.05, 0) is 43.2 Å². The van der Waals surface area contributed by atoms with Crippen molar-refractivity contribution in [2.24, 2.45) is 0 Å². The maximum atomic E-state index is 12.9. The van der Waals surface area contributed by atoms with E-state index in [0.29, 0.717) is 17.7 Å². The molecule has 0 aliphatic rings. The minimum absolute atomic E-state index is 0.101. The second kappa shape index (κ2) is 8.11. The SMILES string of the molecule is CCN[C@@](C)(CCC(F)(F)F)c1ccccc1Cn1c(=S)[nH]c(=O)c2[nH]cnc21. The van der Waals surface area contributed by atoms with Gasteiger partial charge >= 0.3 is 6.18 Å². The molecule has 0 aliphatic carbocycles. The third-order valence-electron chi connectivity index (χ3n) is 4.98. The molecule has 1 atom stereocenters. The average molecular weight is 425 g/mol. The predicted octanol–water partition coefficient (Wildman–Crippen LogP) is 4.00. The lowest BCUT2D eigenvalue weighted by molar-refractivity contribution is -0.138. The molecule has 0 spiro atoms. The van der Waals surface area contributed by atoms with Gasteiger partial charge in [-0.1, -0.05) is 31.2 Å². The predicted molar refractivity (Wildman–Crippen MR) is 107 cm³/mol. The summed E-state index contributed by atoms with van der Waals surface area (Å²) in [5, 5.41) is 3.22. The second-order valence-corrected chi connectivity index (χ2v) is 7.47. The molecule has 3 rings (SSSR count). The van der Waals surface area contributed by atoms with E-state index in [-0.39, 0.29) is 23.3 Å². The summed E-state index contributed by atoms with van der Waals surface area (Å²) in [6, 6.07) is 7.31. The van der Waals surface area contributed by atoms with Crippen molar-refractivity contribution >= 4 is 23.4 Å². The molecule has 156 valence electrons. The lowest BCUT2D eigenvalue weighted by Crippen LogP contribution is -2.41. The van der Waals surface area contributed by atoms with Crippen LogP contribution in [0, 0.1) is 4.77 Å². The smallest absolute Gasteiger partial charge is 0.339 e. The molecule has 0 saturated carbocycles. The van der Waals surface area contributed by atoms with E-state index in [1.807, 2.05) is 25.1 Å². The number of benzene rings is 1. The van der Waals surface area contributed by atoms with Gasteiger partial charge < -0.3 is 10.3 Å². The van der Waals surface area contributed by atoms with Crippen molar-refractivity contribution in [3.05, 3.63) is 56.8 Å². The van der Waals surface area contributed by atoms with Crippen LogP contribution in [0.4, 0.5) is 13.2 Å². The van der Waals surface area contributed by atoms with E-state index < -0.39 is 18.1 Å². The van der Waals surface area contributed by atoms with Crippen molar-refractivity contribution in [1.29, 1.82) is 0 Å². The Kier molecular flexibility index (Phi) is 5.95. The third-order valence-corrected chi connectivity index (χ3v) is 5.31. The van der Waals surface area contributed by atoms with Crippen LogP contribution in [-0.2, 0) is 12.1 Å². The molecule has 0 saturated heterocycles. The number of aromatic amines is 2. The van der Waals surface area contributed by atoms with Crippen molar-refractivity contribution in [2.45, 2.75) is 44.9 Å². The van der Waals surface area contributed by atoms with E-state index >= 15 is 0 Å².